The first-order chi connectivity index (χ1) is 16.7. The van der Waals surface area contributed by atoms with E-state index in [1.54, 1.807) is 26.1 Å². The van der Waals surface area contributed by atoms with Gasteiger partial charge >= 0.3 is 0 Å². The lowest BCUT2D eigenvalue weighted by atomic mass is 9.88. The van der Waals surface area contributed by atoms with E-state index in [2.05, 4.69) is 29.2 Å². The number of anilines is 3. The van der Waals surface area contributed by atoms with Crippen LogP contribution in [0.3, 0.4) is 0 Å². The SMILES string of the molecule is CNc1nc(Cc2ccc(-n3cnc(C)n3)c(F)c2)nc2c1C(C)(C)CN2c1ccc(F)c(F)c1. The van der Waals surface area contributed by atoms with Gasteiger partial charge in [0, 0.05) is 42.7 Å². The van der Waals surface area contributed by atoms with E-state index in [0.29, 0.717) is 46.8 Å². The van der Waals surface area contributed by atoms with Crippen LogP contribution in [-0.4, -0.2) is 38.3 Å². The molecule has 0 radical (unpaired) electrons. The van der Waals surface area contributed by atoms with Crippen molar-refractivity contribution in [3.8, 4) is 5.69 Å². The molecule has 10 heteroatoms. The topological polar surface area (TPSA) is 71.8 Å². The Bertz CT molecular complexity index is 1430. The van der Waals surface area contributed by atoms with Gasteiger partial charge in [-0.1, -0.05) is 19.9 Å². The van der Waals surface area contributed by atoms with Gasteiger partial charge in [-0.3, -0.25) is 0 Å². The smallest absolute Gasteiger partial charge is 0.160 e. The van der Waals surface area contributed by atoms with E-state index < -0.39 is 17.5 Å². The minimum atomic E-state index is -0.921. The number of fused-ring (bicyclic) bond motifs is 1. The van der Waals surface area contributed by atoms with Crippen LogP contribution in [0.2, 0.25) is 0 Å². The van der Waals surface area contributed by atoms with Crippen molar-refractivity contribution >= 4 is 17.3 Å². The highest BCUT2D eigenvalue weighted by Gasteiger charge is 2.40. The Balaban J connectivity index is 1.53. The fraction of sp³-hybridized carbons (Fsp3) is 0.280. The van der Waals surface area contributed by atoms with Crippen molar-refractivity contribution in [1.82, 2.24) is 24.7 Å². The average Bonchev–Trinajstić information content (AvgIpc) is 3.35. The highest BCUT2D eigenvalue weighted by atomic mass is 19.2. The zero-order valence-corrected chi connectivity index (χ0v) is 19.8. The molecule has 0 amide bonds. The fourth-order valence-corrected chi connectivity index (χ4v) is 4.48. The number of rotatable bonds is 5. The van der Waals surface area contributed by atoms with Gasteiger partial charge in [0.1, 0.15) is 41.1 Å². The molecule has 0 aliphatic carbocycles. The third kappa shape index (κ3) is 4.09. The van der Waals surface area contributed by atoms with Crippen LogP contribution in [0.5, 0.6) is 0 Å². The van der Waals surface area contributed by atoms with Crippen LogP contribution >= 0.6 is 0 Å². The Kier molecular flexibility index (Phi) is 5.46. The summed E-state index contributed by atoms with van der Waals surface area (Å²) in [5, 5.41) is 7.30. The number of hydrogen-bond donors (Lipinski definition) is 1. The van der Waals surface area contributed by atoms with Gasteiger partial charge in [0.2, 0.25) is 0 Å². The van der Waals surface area contributed by atoms with Crippen molar-refractivity contribution < 1.29 is 13.2 Å². The molecule has 5 rings (SSSR count). The van der Waals surface area contributed by atoms with E-state index >= 15 is 0 Å². The van der Waals surface area contributed by atoms with Gasteiger partial charge in [-0.15, -0.1) is 0 Å². The Morgan fingerprint density at radius 3 is 2.46 bits per heavy atom. The van der Waals surface area contributed by atoms with Gasteiger partial charge in [0.15, 0.2) is 11.6 Å². The maximum Gasteiger partial charge on any atom is 0.160 e. The summed E-state index contributed by atoms with van der Waals surface area (Å²) >= 11 is 0. The lowest BCUT2D eigenvalue weighted by molar-refractivity contribution is 0.508. The summed E-state index contributed by atoms with van der Waals surface area (Å²) in [7, 11) is 1.78. The number of aryl methyl sites for hydroxylation is 1. The van der Waals surface area contributed by atoms with Crippen LogP contribution < -0.4 is 10.2 Å². The number of halogens is 3. The molecule has 180 valence electrons. The number of benzene rings is 2. The summed E-state index contributed by atoms with van der Waals surface area (Å²) in [6.45, 7) is 6.35. The fourth-order valence-electron chi connectivity index (χ4n) is 4.48. The minimum Gasteiger partial charge on any atom is -0.373 e. The van der Waals surface area contributed by atoms with Crippen LogP contribution in [-0.2, 0) is 11.8 Å². The van der Waals surface area contributed by atoms with Crippen molar-refractivity contribution in [2.75, 3.05) is 23.8 Å². The molecule has 0 atom stereocenters. The molecule has 2 aromatic heterocycles. The molecule has 2 aromatic carbocycles. The molecule has 35 heavy (non-hydrogen) atoms. The second-order valence-electron chi connectivity index (χ2n) is 9.20. The summed E-state index contributed by atoms with van der Waals surface area (Å²) in [4.78, 5) is 15.4. The number of aromatic nitrogens is 5. The van der Waals surface area contributed by atoms with Crippen molar-refractivity contribution in [1.29, 1.82) is 0 Å². The van der Waals surface area contributed by atoms with Crippen LogP contribution in [0.4, 0.5) is 30.5 Å². The third-order valence-electron chi connectivity index (χ3n) is 6.10. The molecule has 0 unspecified atom stereocenters. The van der Waals surface area contributed by atoms with Crippen LogP contribution in [0.1, 0.15) is 36.6 Å². The highest BCUT2D eigenvalue weighted by Crippen LogP contribution is 2.46. The Labute approximate surface area is 200 Å². The maximum absolute atomic E-state index is 14.9. The van der Waals surface area contributed by atoms with E-state index in [-0.39, 0.29) is 11.8 Å². The van der Waals surface area contributed by atoms with E-state index in [1.807, 2.05) is 4.90 Å². The summed E-state index contributed by atoms with van der Waals surface area (Å²) < 4.78 is 43.8. The molecular formula is C25H24F3N7. The molecule has 0 spiro atoms. The summed E-state index contributed by atoms with van der Waals surface area (Å²) in [6.07, 6.45) is 1.74. The quantitative estimate of drug-likeness (QED) is 0.442. The van der Waals surface area contributed by atoms with Gasteiger partial charge < -0.3 is 10.2 Å². The molecule has 0 saturated carbocycles. The predicted octanol–water partition coefficient (Wildman–Crippen LogP) is 4.84. The molecule has 7 nitrogen and oxygen atoms in total. The zero-order valence-electron chi connectivity index (χ0n) is 19.8. The first kappa shape index (κ1) is 22.8. The monoisotopic (exact) mass is 479 g/mol. The van der Waals surface area contributed by atoms with Crippen LogP contribution in [0.25, 0.3) is 5.69 Å². The molecule has 0 saturated heterocycles. The second kappa shape index (κ2) is 8.37. The van der Waals surface area contributed by atoms with E-state index in [1.165, 1.54) is 29.2 Å². The third-order valence-corrected chi connectivity index (χ3v) is 6.10. The second-order valence-corrected chi connectivity index (χ2v) is 9.20. The highest BCUT2D eigenvalue weighted by molar-refractivity contribution is 5.74. The summed E-state index contributed by atoms with van der Waals surface area (Å²) in [5.74, 6) is 0.0243. The van der Waals surface area contributed by atoms with Crippen molar-refractivity contribution in [3.05, 3.63) is 83.0 Å². The first-order valence-corrected chi connectivity index (χ1v) is 11.1. The van der Waals surface area contributed by atoms with E-state index in [9.17, 15) is 13.2 Å². The van der Waals surface area contributed by atoms with Crippen molar-refractivity contribution in [2.24, 2.45) is 0 Å². The number of hydrogen-bond acceptors (Lipinski definition) is 6. The Hall–Kier alpha value is -3.95. The molecular weight excluding hydrogens is 455 g/mol. The van der Waals surface area contributed by atoms with Crippen LogP contribution in [0.15, 0.2) is 42.7 Å². The molecule has 1 aliphatic heterocycles. The Morgan fingerprint density at radius 1 is 1.00 bits per heavy atom. The van der Waals surface area contributed by atoms with Gasteiger partial charge in [-0.2, -0.15) is 5.10 Å². The summed E-state index contributed by atoms with van der Waals surface area (Å²) in [5.41, 5.74) is 2.02. The molecule has 1 N–H and O–H groups in total. The predicted molar refractivity (Wildman–Crippen MR) is 127 cm³/mol. The Morgan fingerprint density at radius 2 is 1.80 bits per heavy atom. The molecule has 1 aliphatic rings. The summed E-state index contributed by atoms with van der Waals surface area (Å²) in [6, 6.07) is 8.67. The van der Waals surface area contributed by atoms with E-state index in [4.69, 9.17) is 9.97 Å². The largest absolute Gasteiger partial charge is 0.373 e. The molecule has 4 aromatic rings. The molecule has 0 fully saturated rings. The minimum absolute atomic E-state index is 0.279. The van der Waals surface area contributed by atoms with Gasteiger partial charge in [0.25, 0.3) is 0 Å². The number of nitrogens with zero attached hydrogens (tertiary/aromatic N) is 6. The maximum atomic E-state index is 14.9. The van der Waals surface area contributed by atoms with Gasteiger partial charge in [0.05, 0.1) is 0 Å². The zero-order chi connectivity index (χ0) is 24.9. The average molecular weight is 480 g/mol. The standard InChI is InChI=1S/C25H24F3N7/c1-14-30-13-35(33-14)20-8-5-15(9-19(20)28)10-21-31-23(29-4)22-24(32-21)34(12-25(22,2)3)16-6-7-17(26)18(27)11-16/h5-9,11,13H,10,12H2,1-4H3,(H,29,31,32). The lowest BCUT2D eigenvalue weighted by Gasteiger charge is -2.22. The molecule has 3 heterocycles. The van der Waals surface area contributed by atoms with Gasteiger partial charge in [-0.25, -0.2) is 32.8 Å². The van der Waals surface area contributed by atoms with Gasteiger partial charge in [-0.05, 0) is 36.8 Å². The number of nitrogens with one attached hydrogen (secondary N) is 1. The molecule has 0 bridgehead atoms. The van der Waals surface area contributed by atoms with Crippen molar-refractivity contribution in [3.63, 3.8) is 0 Å². The van der Waals surface area contributed by atoms with Crippen LogP contribution in [0, 0.1) is 24.4 Å². The van der Waals surface area contributed by atoms with E-state index in [0.717, 1.165) is 11.6 Å². The van der Waals surface area contributed by atoms with Crippen molar-refractivity contribution in [2.45, 2.75) is 32.6 Å². The lowest BCUT2D eigenvalue weighted by Crippen LogP contribution is -2.25. The first-order valence-electron chi connectivity index (χ1n) is 11.1. The normalized spacial score (nSPS) is 14.3.